The van der Waals surface area contributed by atoms with E-state index in [9.17, 15) is 4.79 Å². The standard InChI is InChI=1S/C18H22N2O3/c1-14(13-22-2)20(18(21)15-8-10-19-11-9-15)12-16-6-4-5-7-17(16)23-3/h4-11,14H,12-13H2,1-3H3/t14-/m0/s1. The second-order valence-electron chi connectivity index (χ2n) is 5.29. The molecule has 1 amide bonds. The van der Waals surface area contributed by atoms with E-state index in [1.807, 2.05) is 31.2 Å². The first-order valence-electron chi connectivity index (χ1n) is 7.49. The van der Waals surface area contributed by atoms with E-state index in [-0.39, 0.29) is 11.9 Å². The number of rotatable bonds is 7. The van der Waals surface area contributed by atoms with Gasteiger partial charge in [-0.2, -0.15) is 0 Å². The van der Waals surface area contributed by atoms with Crippen LogP contribution in [0.1, 0.15) is 22.8 Å². The van der Waals surface area contributed by atoms with E-state index in [0.717, 1.165) is 11.3 Å². The lowest BCUT2D eigenvalue weighted by molar-refractivity contribution is 0.0540. The highest BCUT2D eigenvalue weighted by Gasteiger charge is 2.22. The normalized spacial score (nSPS) is 11.8. The van der Waals surface area contributed by atoms with E-state index in [1.165, 1.54) is 0 Å². The Morgan fingerprint density at radius 3 is 2.52 bits per heavy atom. The Hall–Kier alpha value is -2.40. The van der Waals surface area contributed by atoms with Gasteiger partial charge in [0.2, 0.25) is 0 Å². The van der Waals surface area contributed by atoms with Crippen LogP contribution in [0.4, 0.5) is 0 Å². The highest BCUT2D eigenvalue weighted by Crippen LogP contribution is 2.21. The zero-order valence-electron chi connectivity index (χ0n) is 13.7. The average molecular weight is 314 g/mol. The number of nitrogens with zero attached hydrogens (tertiary/aromatic N) is 2. The van der Waals surface area contributed by atoms with Crippen molar-refractivity contribution >= 4 is 5.91 Å². The molecule has 0 saturated carbocycles. The van der Waals surface area contributed by atoms with E-state index in [1.54, 1.807) is 43.6 Å². The van der Waals surface area contributed by atoms with Crippen LogP contribution < -0.4 is 4.74 Å². The third kappa shape index (κ3) is 4.29. The van der Waals surface area contributed by atoms with E-state index >= 15 is 0 Å². The van der Waals surface area contributed by atoms with Gasteiger partial charge in [0.25, 0.3) is 5.91 Å². The highest BCUT2D eigenvalue weighted by atomic mass is 16.5. The van der Waals surface area contributed by atoms with Crippen molar-refractivity contribution in [3.05, 3.63) is 59.9 Å². The molecule has 0 bridgehead atoms. The number of ether oxygens (including phenoxy) is 2. The minimum absolute atomic E-state index is 0.0529. The van der Waals surface area contributed by atoms with E-state index in [4.69, 9.17) is 9.47 Å². The molecule has 1 aromatic carbocycles. The van der Waals surface area contributed by atoms with Crippen LogP contribution >= 0.6 is 0 Å². The van der Waals surface area contributed by atoms with Crippen LogP contribution in [0.5, 0.6) is 5.75 Å². The van der Waals surface area contributed by atoms with Gasteiger partial charge in [-0.1, -0.05) is 18.2 Å². The first-order valence-corrected chi connectivity index (χ1v) is 7.49. The summed E-state index contributed by atoms with van der Waals surface area (Å²) >= 11 is 0. The number of amides is 1. The molecule has 0 radical (unpaired) electrons. The summed E-state index contributed by atoms with van der Waals surface area (Å²) in [5.74, 6) is 0.715. The van der Waals surface area contributed by atoms with Gasteiger partial charge in [0.1, 0.15) is 5.75 Å². The molecule has 122 valence electrons. The van der Waals surface area contributed by atoms with Gasteiger partial charge < -0.3 is 14.4 Å². The van der Waals surface area contributed by atoms with Crippen LogP contribution in [0.25, 0.3) is 0 Å². The Morgan fingerprint density at radius 1 is 1.17 bits per heavy atom. The van der Waals surface area contributed by atoms with Crippen LogP contribution in [0.3, 0.4) is 0 Å². The van der Waals surface area contributed by atoms with Gasteiger partial charge in [-0.05, 0) is 25.1 Å². The molecule has 0 N–H and O–H groups in total. The van der Waals surface area contributed by atoms with Crippen molar-refractivity contribution in [3.8, 4) is 5.75 Å². The SMILES string of the molecule is COC[C@H](C)N(Cc1ccccc1OC)C(=O)c1ccncc1. The third-order valence-corrected chi connectivity index (χ3v) is 3.66. The van der Waals surface area contributed by atoms with Gasteiger partial charge in [-0.15, -0.1) is 0 Å². The molecule has 5 nitrogen and oxygen atoms in total. The lowest BCUT2D eigenvalue weighted by Crippen LogP contribution is -2.40. The van der Waals surface area contributed by atoms with Crippen LogP contribution in [-0.2, 0) is 11.3 Å². The molecule has 0 fully saturated rings. The summed E-state index contributed by atoms with van der Waals surface area (Å²) in [4.78, 5) is 18.6. The molecule has 0 aliphatic rings. The van der Waals surface area contributed by atoms with E-state index in [0.29, 0.717) is 18.7 Å². The smallest absolute Gasteiger partial charge is 0.254 e. The summed E-state index contributed by atoms with van der Waals surface area (Å²) in [6, 6.07) is 11.1. The lowest BCUT2D eigenvalue weighted by atomic mass is 10.1. The molecule has 0 saturated heterocycles. The van der Waals surface area contributed by atoms with Gasteiger partial charge in [0.05, 0.1) is 26.3 Å². The van der Waals surface area contributed by atoms with E-state index < -0.39 is 0 Å². The number of hydrogen-bond acceptors (Lipinski definition) is 4. The predicted octanol–water partition coefficient (Wildman–Crippen LogP) is 2.77. The zero-order valence-corrected chi connectivity index (χ0v) is 13.7. The number of hydrogen-bond donors (Lipinski definition) is 0. The maximum Gasteiger partial charge on any atom is 0.254 e. The van der Waals surface area contributed by atoms with Crippen molar-refractivity contribution in [1.82, 2.24) is 9.88 Å². The summed E-state index contributed by atoms with van der Waals surface area (Å²) < 4.78 is 10.6. The van der Waals surface area contributed by atoms with E-state index in [2.05, 4.69) is 4.98 Å². The second kappa shape index (κ2) is 8.29. The average Bonchev–Trinajstić information content (AvgIpc) is 2.60. The minimum Gasteiger partial charge on any atom is -0.496 e. The number of methoxy groups -OCH3 is 2. The molecule has 2 rings (SSSR count). The molecular formula is C18H22N2O3. The quantitative estimate of drug-likeness (QED) is 0.788. The van der Waals surface area contributed by atoms with Gasteiger partial charge in [0.15, 0.2) is 0 Å². The fraction of sp³-hybridized carbons (Fsp3) is 0.333. The number of carbonyl (C=O) groups is 1. The first kappa shape index (κ1) is 17.0. The fourth-order valence-corrected chi connectivity index (χ4v) is 2.44. The van der Waals surface area contributed by atoms with Gasteiger partial charge in [-0.25, -0.2) is 0 Å². The summed E-state index contributed by atoms with van der Waals surface area (Å²) in [5.41, 5.74) is 1.57. The van der Waals surface area contributed by atoms with Crippen LogP contribution in [-0.4, -0.2) is 42.7 Å². The number of aromatic nitrogens is 1. The second-order valence-corrected chi connectivity index (χ2v) is 5.29. The van der Waals surface area contributed by atoms with Crippen molar-refractivity contribution in [3.63, 3.8) is 0 Å². The Kier molecular flexibility index (Phi) is 6.11. The van der Waals surface area contributed by atoms with Crippen LogP contribution in [0, 0.1) is 0 Å². The Balaban J connectivity index is 2.29. The third-order valence-electron chi connectivity index (χ3n) is 3.66. The number of pyridine rings is 1. The molecule has 23 heavy (non-hydrogen) atoms. The Labute approximate surface area is 136 Å². The topological polar surface area (TPSA) is 51.7 Å². The van der Waals surface area contributed by atoms with Crippen molar-refractivity contribution in [2.75, 3.05) is 20.8 Å². The predicted molar refractivity (Wildman–Crippen MR) is 88.4 cm³/mol. The molecule has 1 atom stereocenters. The van der Waals surface area contributed by atoms with Crippen LogP contribution in [0.2, 0.25) is 0 Å². The minimum atomic E-state index is -0.0643. The number of benzene rings is 1. The zero-order chi connectivity index (χ0) is 16.7. The molecule has 5 heteroatoms. The highest BCUT2D eigenvalue weighted by molar-refractivity contribution is 5.94. The Morgan fingerprint density at radius 2 is 1.87 bits per heavy atom. The summed E-state index contributed by atoms with van der Waals surface area (Å²) in [7, 11) is 3.27. The van der Waals surface area contributed by atoms with Gasteiger partial charge >= 0.3 is 0 Å². The number of carbonyl (C=O) groups excluding carboxylic acids is 1. The van der Waals surface area contributed by atoms with Crippen molar-refractivity contribution < 1.29 is 14.3 Å². The maximum absolute atomic E-state index is 12.9. The molecule has 0 aliphatic heterocycles. The summed E-state index contributed by atoms with van der Waals surface area (Å²) in [6.45, 7) is 2.89. The van der Waals surface area contributed by atoms with Crippen molar-refractivity contribution in [2.24, 2.45) is 0 Å². The summed E-state index contributed by atoms with van der Waals surface area (Å²) in [6.07, 6.45) is 3.24. The molecule has 2 aromatic rings. The van der Waals surface area contributed by atoms with Gasteiger partial charge in [-0.3, -0.25) is 9.78 Å². The first-order chi connectivity index (χ1) is 11.2. The largest absolute Gasteiger partial charge is 0.496 e. The number of para-hydroxylation sites is 1. The molecule has 0 aliphatic carbocycles. The molecular weight excluding hydrogens is 292 g/mol. The molecule has 1 heterocycles. The van der Waals surface area contributed by atoms with Crippen molar-refractivity contribution in [2.45, 2.75) is 19.5 Å². The van der Waals surface area contributed by atoms with Gasteiger partial charge in [0, 0.05) is 30.6 Å². The maximum atomic E-state index is 12.9. The molecule has 0 unspecified atom stereocenters. The lowest BCUT2D eigenvalue weighted by Gasteiger charge is -2.29. The fourth-order valence-electron chi connectivity index (χ4n) is 2.44. The van der Waals surface area contributed by atoms with Crippen molar-refractivity contribution in [1.29, 1.82) is 0 Å². The summed E-state index contributed by atoms with van der Waals surface area (Å²) in [5, 5.41) is 0. The molecule has 1 aromatic heterocycles. The Bertz CT molecular complexity index is 631. The van der Waals surface area contributed by atoms with Crippen LogP contribution in [0.15, 0.2) is 48.8 Å². The monoisotopic (exact) mass is 314 g/mol. The molecule has 0 spiro atoms.